The highest BCUT2D eigenvalue weighted by atomic mass is 79.9. The topological polar surface area (TPSA) is 63.8 Å². The lowest BCUT2D eigenvalue weighted by atomic mass is 10.1. The summed E-state index contributed by atoms with van der Waals surface area (Å²) < 4.78 is 14.7. The highest BCUT2D eigenvalue weighted by molar-refractivity contribution is 9.10. The van der Waals surface area contributed by atoms with Crippen LogP contribution < -0.4 is 11.3 Å². The summed E-state index contributed by atoms with van der Waals surface area (Å²) in [5, 5.41) is 0. The maximum absolute atomic E-state index is 13.6. The summed E-state index contributed by atoms with van der Waals surface area (Å²) in [5.74, 6) is 5.18. The molecular formula is C13H14BrFN4. The Kier molecular flexibility index (Phi) is 3.82. The van der Waals surface area contributed by atoms with E-state index >= 15 is 0 Å². The SMILES string of the molecule is Cc1cc(-c2nc(C)c(F)c(NN)n2)cc(C)c1Br. The van der Waals surface area contributed by atoms with Gasteiger partial charge < -0.3 is 5.43 Å². The molecule has 0 atom stereocenters. The van der Waals surface area contributed by atoms with Gasteiger partial charge in [0, 0.05) is 10.0 Å². The largest absolute Gasteiger partial charge is 0.306 e. The Balaban J connectivity index is 2.62. The fourth-order valence-corrected chi connectivity index (χ4v) is 2.09. The van der Waals surface area contributed by atoms with Crippen LogP contribution in [0.15, 0.2) is 16.6 Å². The van der Waals surface area contributed by atoms with Crippen molar-refractivity contribution in [2.24, 2.45) is 5.84 Å². The first kappa shape index (κ1) is 13.9. The van der Waals surface area contributed by atoms with Crippen LogP contribution in [-0.4, -0.2) is 9.97 Å². The average molecular weight is 325 g/mol. The number of aryl methyl sites for hydroxylation is 3. The van der Waals surface area contributed by atoms with Crippen molar-refractivity contribution in [3.8, 4) is 11.4 Å². The van der Waals surface area contributed by atoms with Crippen molar-refractivity contribution in [2.45, 2.75) is 20.8 Å². The van der Waals surface area contributed by atoms with E-state index in [0.29, 0.717) is 5.82 Å². The molecule has 3 N–H and O–H groups in total. The lowest BCUT2D eigenvalue weighted by Crippen LogP contribution is -2.13. The molecule has 0 unspecified atom stereocenters. The van der Waals surface area contributed by atoms with E-state index in [-0.39, 0.29) is 11.5 Å². The summed E-state index contributed by atoms with van der Waals surface area (Å²) in [7, 11) is 0. The number of nitrogens with zero attached hydrogens (tertiary/aromatic N) is 2. The lowest BCUT2D eigenvalue weighted by molar-refractivity contribution is 0.606. The van der Waals surface area contributed by atoms with E-state index in [1.165, 1.54) is 0 Å². The molecule has 0 aliphatic heterocycles. The zero-order valence-corrected chi connectivity index (χ0v) is 12.5. The number of hydrazine groups is 1. The number of nitrogens with two attached hydrogens (primary N) is 1. The first-order chi connectivity index (χ1) is 8.93. The average Bonchev–Trinajstić information content (AvgIpc) is 2.38. The lowest BCUT2D eigenvalue weighted by Gasteiger charge is -2.10. The molecule has 19 heavy (non-hydrogen) atoms. The van der Waals surface area contributed by atoms with Crippen molar-refractivity contribution in [2.75, 3.05) is 5.43 Å². The molecule has 2 rings (SSSR count). The van der Waals surface area contributed by atoms with E-state index in [9.17, 15) is 4.39 Å². The summed E-state index contributed by atoms with van der Waals surface area (Å²) in [5.41, 5.74) is 5.49. The molecule has 4 nitrogen and oxygen atoms in total. The second-order valence-electron chi connectivity index (χ2n) is 4.36. The van der Waals surface area contributed by atoms with Crippen LogP contribution in [0.1, 0.15) is 16.8 Å². The third-order valence-corrected chi connectivity index (χ3v) is 4.10. The van der Waals surface area contributed by atoms with E-state index in [1.54, 1.807) is 6.92 Å². The number of nitrogen functional groups attached to an aromatic ring is 1. The monoisotopic (exact) mass is 324 g/mol. The van der Waals surface area contributed by atoms with Crippen LogP contribution in [0, 0.1) is 26.6 Å². The molecule has 1 aromatic carbocycles. The minimum absolute atomic E-state index is 0.000671. The van der Waals surface area contributed by atoms with Crippen LogP contribution in [0.25, 0.3) is 11.4 Å². The van der Waals surface area contributed by atoms with Crippen LogP contribution in [0.4, 0.5) is 10.2 Å². The Hall–Kier alpha value is -1.53. The van der Waals surface area contributed by atoms with Crippen molar-refractivity contribution in [3.05, 3.63) is 39.2 Å². The highest BCUT2D eigenvalue weighted by Crippen LogP contribution is 2.28. The van der Waals surface area contributed by atoms with E-state index in [4.69, 9.17) is 5.84 Å². The normalized spacial score (nSPS) is 10.6. The van der Waals surface area contributed by atoms with Gasteiger partial charge in [0.2, 0.25) is 0 Å². The maximum atomic E-state index is 13.6. The van der Waals surface area contributed by atoms with Gasteiger partial charge in [-0.3, -0.25) is 0 Å². The molecule has 1 heterocycles. The fraction of sp³-hybridized carbons (Fsp3) is 0.231. The molecule has 0 fully saturated rings. The van der Waals surface area contributed by atoms with Crippen molar-refractivity contribution in [1.82, 2.24) is 9.97 Å². The second kappa shape index (κ2) is 5.22. The smallest absolute Gasteiger partial charge is 0.187 e. The summed E-state index contributed by atoms with van der Waals surface area (Å²) >= 11 is 3.51. The number of hydrogen-bond acceptors (Lipinski definition) is 4. The molecule has 0 radical (unpaired) electrons. The third kappa shape index (κ3) is 2.59. The molecule has 0 aliphatic carbocycles. The molecule has 0 saturated heterocycles. The fourth-order valence-electron chi connectivity index (χ4n) is 1.86. The van der Waals surface area contributed by atoms with Gasteiger partial charge >= 0.3 is 0 Å². The summed E-state index contributed by atoms with van der Waals surface area (Å²) in [6, 6.07) is 3.90. The number of nitrogens with one attached hydrogen (secondary N) is 1. The van der Waals surface area contributed by atoms with Gasteiger partial charge in [0.15, 0.2) is 17.5 Å². The Morgan fingerprint density at radius 2 is 1.74 bits per heavy atom. The van der Waals surface area contributed by atoms with Gasteiger partial charge in [-0.15, -0.1) is 0 Å². The first-order valence-electron chi connectivity index (χ1n) is 5.72. The Morgan fingerprint density at radius 1 is 1.16 bits per heavy atom. The van der Waals surface area contributed by atoms with E-state index in [1.807, 2.05) is 26.0 Å². The predicted molar refractivity (Wildman–Crippen MR) is 77.1 cm³/mol. The van der Waals surface area contributed by atoms with Gasteiger partial charge in [-0.05, 0) is 44.0 Å². The number of rotatable bonds is 2. The maximum Gasteiger partial charge on any atom is 0.187 e. The second-order valence-corrected chi connectivity index (χ2v) is 5.16. The molecule has 6 heteroatoms. The van der Waals surface area contributed by atoms with Gasteiger partial charge in [-0.2, -0.15) is 0 Å². The summed E-state index contributed by atoms with van der Waals surface area (Å²) in [6.07, 6.45) is 0. The Bertz CT molecular complexity index is 620. The van der Waals surface area contributed by atoms with Crippen LogP contribution in [0.3, 0.4) is 0 Å². The van der Waals surface area contributed by atoms with Crippen molar-refractivity contribution in [3.63, 3.8) is 0 Å². The first-order valence-corrected chi connectivity index (χ1v) is 6.51. The van der Waals surface area contributed by atoms with Crippen LogP contribution in [0.5, 0.6) is 0 Å². The molecule has 0 spiro atoms. The van der Waals surface area contributed by atoms with Crippen molar-refractivity contribution >= 4 is 21.7 Å². The zero-order chi connectivity index (χ0) is 14.2. The molecule has 1 aromatic heterocycles. The van der Waals surface area contributed by atoms with Gasteiger partial charge in [0.1, 0.15) is 0 Å². The van der Waals surface area contributed by atoms with Gasteiger partial charge in [-0.1, -0.05) is 15.9 Å². The third-order valence-electron chi connectivity index (χ3n) is 2.85. The number of benzene rings is 1. The number of anilines is 1. The van der Waals surface area contributed by atoms with Gasteiger partial charge in [0.05, 0.1) is 5.69 Å². The molecule has 0 bridgehead atoms. The van der Waals surface area contributed by atoms with E-state index < -0.39 is 5.82 Å². The molecule has 0 saturated carbocycles. The van der Waals surface area contributed by atoms with Crippen molar-refractivity contribution in [1.29, 1.82) is 0 Å². The van der Waals surface area contributed by atoms with Crippen LogP contribution >= 0.6 is 15.9 Å². The minimum atomic E-state index is -0.531. The molecule has 100 valence electrons. The summed E-state index contributed by atoms with van der Waals surface area (Å²) in [6.45, 7) is 5.55. The minimum Gasteiger partial charge on any atom is -0.306 e. The van der Waals surface area contributed by atoms with Crippen molar-refractivity contribution < 1.29 is 4.39 Å². The van der Waals surface area contributed by atoms with Crippen LogP contribution in [-0.2, 0) is 0 Å². The standard InChI is InChI=1S/C13H14BrFN4/c1-6-4-9(5-7(2)10(6)14)12-17-8(3)11(15)13(18-12)19-16/h4-5H,16H2,1-3H3,(H,17,18,19). The van der Waals surface area contributed by atoms with Gasteiger partial charge in [0.25, 0.3) is 0 Å². The predicted octanol–water partition coefficient (Wildman–Crippen LogP) is 3.26. The Labute approximate surface area is 119 Å². The molecular weight excluding hydrogens is 311 g/mol. The summed E-state index contributed by atoms with van der Waals surface area (Å²) in [4.78, 5) is 8.26. The van der Waals surface area contributed by atoms with E-state index in [0.717, 1.165) is 21.2 Å². The zero-order valence-electron chi connectivity index (χ0n) is 10.9. The number of hydrogen-bond donors (Lipinski definition) is 2. The van der Waals surface area contributed by atoms with Crippen LogP contribution in [0.2, 0.25) is 0 Å². The number of aromatic nitrogens is 2. The molecule has 2 aromatic rings. The Morgan fingerprint density at radius 3 is 2.26 bits per heavy atom. The molecule has 0 aliphatic rings. The molecule has 0 amide bonds. The van der Waals surface area contributed by atoms with Gasteiger partial charge in [-0.25, -0.2) is 20.2 Å². The highest BCUT2D eigenvalue weighted by Gasteiger charge is 2.13. The van der Waals surface area contributed by atoms with E-state index in [2.05, 4.69) is 31.3 Å². The quantitative estimate of drug-likeness (QED) is 0.657. The number of halogens is 2.